The number of sulfonamides is 1. The number of amides is 3. The Balaban J connectivity index is 1.50. The van der Waals surface area contributed by atoms with Crippen LogP contribution in [0.15, 0.2) is 29.2 Å². The summed E-state index contributed by atoms with van der Waals surface area (Å²) in [6.07, 6.45) is 1.57. The number of ether oxygens (including phenoxy) is 1. The highest BCUT2D eigenvalue weighted by Gasteiger charge is 2.34. The van der Waals surface area contributed by atoms with Gasteiger partial charge in [-0.1, -0.05) is 0 Å². The molecule has 3 amide bonds. The first-order chi connectivity index (χ1) is 18.0. The SMILES string of the molecule is CCOC(=O)C1CCCN(S(=O)(=O)c2ccc(C(=O)Nc3sc4c(c3C(N)=O)CCN(C(C)=O)C4)cc2)C1. The maximum atomic E-state index is 13.2. The fraction of sp³-hybridized carbons (Fsp3) is 0.440. The quantitative estimate of drug-likeness (QED) is 0.489. The van der Waals surface area contributed by atoms with Crippen molar-refractivity contribution >= 4 is 50.1 Å². The third-order valence-corrected chi connectivity index (χ3v) is 9.75. The van der Waals surface area contributed by atoms with Crippen molar-refractivity contribution in [3.63, 3.8) is 0 Å². The summed E-state index contributed by atoms with van der Waals surface area (Å²) >= 11 is 1.20. The van der Waals surface area contributed by atoms with Crippen LogP contribution in [0.3, 0.4) is 0 Å². The minimum atomic E-state index is -3.87. The molecule has 0 radical (unpaired) electrons. The van der Waals surface area contributed by atoms with Crippen molar-refractivity contribution < 1.29 is 32.3 Å². The van der Waals surface area contributed by atoms with Gasteiger partial charge in [-0.3, -0.25) is 19.2 Å². The molecule has 0 spiro atoms. The smallest absolute Gasteiger partial charge is 0.310 e. The van der Waals surface area contributed by atoms with Crippen molar-refractivity contribution in [1.82, 2.24) is 9.21 Å². The molecule has 1 aromatic carbocycles. The summed E-state index contributed by atoms with van der Waals surface area (Å²) in [5.74, 6) is -2.19. The number of fused-ring (bicyclic) bond motifs is 1. The molecule has 4 rings (SSSR count). The van der Waals surface area contributed by atoms with Gasteiger partial charge in [0.2, 0.25) is 15.9 Å². The number of anilines is 1. The largest absolute Gasteiger partial charge is 0.466 e. The molecule has 13 heteroatoms. The predicted octanol–water partition coefficient (Wildman–Crippen LogP) is 1.97. The number of carbonyl (C=O) groups is 4. The zero-order chi connectivity index (χ0) is 27.6. The van der Waals surface area contributed by atoms with Crippen molar-refractivity contribution in [2.45, 2.75) is 44.6 Å². The highest BCUT2D eigenvalue weighted by atomic mass is 32.2. The molecule has 1 atom stereocenters. The highest BCUT2D eigenvalue weighted by Crippen LogP contribution is 2.37. The summed E-state index contributed by atoms with van der Waals surface area (Å²) in [5.41, 5.74) is 6.78. The summed E-state index contributed by atoms with van der Waals surface area (Å²) in [6.45, 7) is 4.55. The van der Waals surface area contributed by atoms with Crippen LogP contribution >= 0.6 is 11.3 Å². The van der Waals surface area contributed by atoms with Gasteiger partial charge < -0.3 is 20.7 Å². The average Bonchev–Trinajstić information content (AvgIpc) is 3.26. The number of piperidine rings is 1. The van der Waals surface area contributed by atoms with Gasteiger partial charge in [-0.2, -0.15) is 4.31 Å². The van der Waals surface area contributed by atoms with E-state index in [0.717, 1.165) is 10.4 Å². The van der Waals surface area contributed by atoms with E-state index < -0.39 is 33.7 Å². The molecule has 204 valence electrons. The van der Waals surface area contributed by atoms with Crippen molar-refractivity contribution in [2.75, 3.05) is 31.6 Å². The Morgan fingerprint density at radius 2 is 1.87 bits per heavy atom. The van der Waals surface area contributed by atoms with Crippen molar-refractivity contribution in [3.05, 3.63) is 45.8 Å². The predicted molar refractivity (Wildman–Crippen MR) is 140 cm³/mol. The first-order valence-electron chi connectivity index (χ1n) is 12.3. The van der Waals surface area contributed by atoms with Crippen LogP contribution in [0, 0.1) is 5.92 Å². The third kappa shape index (κ3) is 5.59. The molecular formula is C25H30N4O7S2. The van der Waals surface area contributed by atoms with E-state index in [2.05, 4.69) is 5.32 Å². The lowest BCUT2D eigenvalue weighted by Crippen LogP contribution is -2.42. The molecule has 0 aliphatic carbocycles. The van der Waals surface area contributed by atoms with Crippen molar-refractivity contribution in [2.24, 2.45) is 11.7 Å². The number of hydrogen-bond donors (Lipinski definition) is 2. The lowest BCUT2D eigenvalue weighted by molar-refractivity contribution is -0.149. The minimum Gasteiger partial charge on any atom is -0.466 e. The summed E-state index contributed by atoms with van der Waals surface area (Å²) in [4.78, 5) is 51.5. The van der Waals surface area contributed by atoms with E-state index in [1.54, 1.807) is 11.8 Å². The molecular weight excluding hydrogens is 532 g/mol. The molecule has 2 aromatic rings. The Kier molecular flexibility index (Phi) is 8.19. The van der Waals surface area contributed by atoms with E-state index in [1.165, 1.54) is 46.8 Å². The molecule has 2 aliphatic heterocycles. The number of thiophene rings is 1. The second kappa shape index (κ2) is 11.2. The maximum absolute atomic E-state index is 13.2. The Bertz CT molecular complexity index is 1370. The van der Waals surface area contributed by atoms with Crippen molar-refractivity contribution in [3.8, 4) is 0 Å². The molecule has 1 aromatic heterocycles. The van der Waals surface area contributed by atoms with Crippen LogP contribution in [0.4, 0.5) is 5.00 Å². The van der Waals surface area contributed by atoms with E-state index in [4.69, 9.17) is 10.5 Å². The molecule has 38 heavy (non-hydrogen) atoms. The number of benzene rings is 1. The third-order valence-electron chi connectivity index (χ3n) is 6.73. The minimum absolute atomic E-state index is 0.00676. The van der Waals surface area contributed by atoms with Gasteiger partial charge in [-0.15, -0.1) is 11.3 Å². The van der Waals surface area contributed by atoms with E-state index in [9.17, 15) is 27.6 Å². The van der Waals surface area contributed by atoms with Crippen LogP contribution in [0.5, 0.6) is 0 Å². The van der Waals surface area contributed by atoms with Gasteiger partial charge >= 0.3 is 5.97 Å². The first kappa shape index (κ1) is 27.7. The summed E-state index contributed by atoms with van der Waals surface area (Å²) < 4.78 is 32.7. The molecule has 1 saturated heterocycles. The topological polar surface area (TPSA) is 156 Å². The van der Waals surface area contributed by atoms with Crippen LogP contribution in [0.25, 0.3) is 0 Å². The molecule has 2 aliphatic rings. The van der Waals surface area contributed by atoms with Gasteiger partial charge in [0, 0.05) is 37.0 Å². The van der Waals surface area contributed by atoms with Crippen LogP contribution in [0.2, 0.25) is 0 Å². The monoisotopic (exact) mass is 562 g/mol. The number of nitrogens with zero attached hydrogens (tertiary/aromatic N) is 2. The fourth-order valence-corrected chi connectivity index (χ4v) is 7.52. The van der Waals surface area contributed by atoms with Gasteiger partial charge in [0.15, 0.2) is 0 Å². The normalized spacial score (nSPS) is 17.9. The zero-order valence-electron chi connectivity index (χ0n) is 21.2. The van der Waals surface area contributed by atoms with E-state index in [0.29, 0.717) is 43.9 Å². The number of nitrogens with one attached hydrogen (secondary N) is 1. The molecule has 0 bridgehead atoms. The summed E-state index contributed by atoms with van der Waals surface area (Å²) in [6, 6.07) is 5.47. The van der Waals surface area contributed by atoms with Crippen LogP contribution in [-0.4, -0.2) is 67.6 Å². The van der Waals surface area contributed by atoms with Gasteiger partial charge in [0.25, 0.3) is 11.8 Å². The van der Waals surface area contributed by atoms with E-state index in [-0.39, 0.29) is 35.1 Å². The highest BCUT2D eigenvalue weighted by molar-refractivity contribution is 7.89. The number of carbonyl (C=O) groups excluding carboxylic acids is 4. The number of hydrogen-bond acceptors (Lipinski definition) is 8. The lowest BCUT2D eigenvalue weighted by atomic mass is 10.0. The number of nitrogens with two attached hydrogens (primary N) is 1. The maximum Gasteiger partial charge on any atom is 0.310 e. The number of rotatable bonds is 7. The Morgan fingerprint density at radius 3 is 2.50 bits per heavy atom. The van der Waals surface area contributed by atoms with Crippen LogP contribution in [-0.2, 0) is 37.3 Å². The Hall–Kier alpha value is -3.29. The van der Waals surface area contributed by atoms with Gasteiger partial charge in [0.05, 0.1) is 29.5 Å². The van der Waals surface area contributed by atoms with E-state index >= 15 is 0 Å². The van der Waals surface area contributed by atoms with Gasteiger partial charge in [-0.05, 0) is 56.0 Å². The number of primary amides is 1. The summed E-state index contributed by atoms with van der Waals surface area (Å²) in [7, 11) is -3.87. The second-order valence-electron chi connectivity index (χ2n) is 9.20. The fourth-order valence-electron chi connectivity index (χ4n) is 4.74. The molecule has 11 nitrogen and oxygen atoms in total. The molecule has 0 saturated carbocycles. The summed E-state index contributed by atoms with van der Waals surface area (Å²) in [5, 5.41) is 3.02. The van der Waals surface area contributed by atoms with Gasteiger partial charge in [-0.25, -0.2) is 8.42 Å². The molecule has 1 fully saturated rings. The Morgan fingerprint density at radius 1 is 1.16 bits per heavy atom. The second-order valence-corrected chi connectivity index (χ2v) is 12.2. The van der Waals surface area contributed by atoms with Crippen LogP contribution in [0.1, 0.15) is 57.8 Å². The first-order valence-corrected chi connectivity index (χ1v) is 14.6. The average molecular weight is 563 g/mol. The van der Waals surface area contributed by atoms with Crippen molar-refractivity contribution in [1.29, 1.82) is 0 Å². The number of esters is 1. The molecule has 3 N–H and O–H groups in total. The van der Waals surface area contributed by atoms with Crippen LogP contribution < -0.4 is 11.1 Å². The van der Waals surface area contributed by atoms with E-state index in [1.807, 2.05) is 0 Å². The lowest BCUT2D eigenvalue weighted by Gasteiger charge is -2.30. The standard InChI is InChI=1S/C25H30N4O7S2/c1-3-36-25(33)17-5-4-11-29(13-17)38(34,35)18-8-6-16(7-9-18)23(32)27-24-21(22(26)31)19-10-12-28(15(2)30)14-20(19)37-24/h6-9,17H,3-5,10-14H2,1-2H3,(H2,26,31)(H,27,32). The zero-order valence-corrected chi connectivity index (χ0v) is 22.8. The Labute approximate surface area is 225 Å². The van der Waals surface area contributed by atoms with Gasteiger partial charge in [0.1, 0.15) is 5.00 Å². The molecule has 3 heterocycles. The molecule has 1 unspecified atom stereocenters.